The quantitative estimate of drug-likeness (QED) is 0.623. The number of ketones is 1. The Bertz CT molecular complexity index is 711. The first-order chi connectivity index (χ1) is 10.7. The van der Waals surface area contributed by atoms with Gasteiger partial charge in [0, 0.05) is 5.92 Å². The monoisotopic (exact) mass is 298 g/mol. The van der Waals surface area contributed by atoms with Crippen LogP contribution in [-0.2, 0) is 4.74 Å². The molecule has 0 atom stereocenters. The number of hydrogen-bond acceptors (Lipinski definition) is 6. The molecule has 0 N–H and O–H groups in total. The molecule has 1 aromatic carbocycles. The Morgan fingerprint density at radius 2 is 1.91 bits per heavy atom. The van der Waals surface area contributed by atoms with Crippen molar-refractivity contribution in [2.24, 2.45) is 5.92 Å². The van der Waals surface area contributed by atoms with Crippen molar-refractivity contribution in [2.75, 3.05) is 7.11 Å². The predicted molar refractivity (Wildman–Crippen MR) is 76.9 cm³/mol. The number of methoxy groups -OCH3 is 1. The normalized spacial score (nSPS) is 13.5. The van der Waals surface area contributed by atoms with Crippen molar-refractivity contribution in [2.45, 2.75) is 12.8 Å². The van der Waals surface area contributed by atoms with Gasteiger partial charge in [-0.15, -0.1) is 0 Å². The van der Waals surface area contributed by atoms with E-state index in [4.69, 9.17) is 4.74 Å². The van der Waals surface area contributed by atoms with Crippen molar-refractivity contribution < 1.29 is 19.1 Å². The number of hydrogen-bond donors (Lipinski definition) is 0. The fourth-order valence-electron chi connectivity index (χ4n) is 1.95. The molecule has 1 aliphatic carbocycles. The summed E-state index contributed by atoms with van der Waals surface area (Å²) in [6.07, 6.45) is 2.94. The molecule has 0 bridgehead atoms. The van der Waals surface area contributed by atoms with Crippen LogP contribution in [0.4, 0.5) is 0 Å². The molecule has 0 spiro atoms. The molecule has 1 saturated carbocycles. The van der Waals surface area contributed by atoms with Crippen LogP contribution in [0, 0.1) is 5.92 Å². The third-order valence-corrected chi connectivity index (χ3v) is 3.27. The van der Waals surface area contributed by atoms with Crippen LogP contribution < -0.4 is 4.74 Å². The summed E-state index contributed by atoms with van der Waals surface area (Å²) in [5.41, 5.74) is 0.153. The van der Waals surface area contributed by atoms with Crippen molar-refractivity contribution >= 4 is 11.8 Å². The van der Waals surface area contributed by atoms with E-state index in [0.29, 0.717) is 5.75 Å². The smallest absolute Gasteiger partial charge is 0.358 e. The van der Waals surface area contributed by atoms with Crippen molar-refractivity contribution in [1.29, 1.82) is 0 Å². The topological polar surface area (TPSA) is 78.4 Å². The number of aromatic nitrogens is 2. The first kappa shape index (κ1) is 14.2. The zero-order valence-electron chi connectivity index (χ0n) is 12.0. The summed E-state index contributed by atoms with van der Waals surface area (Å²) in [6, 6.07) is 8.92. The third-order valence-electron chi connectivity index (χ3n) is 3.27. The number of carbonyl (C=O) groups excluding carboxylic acids is 2. The second-order valence-electron chi connectivity index (χ2n) is 4.95. The molecule has 3 rings (SSSR count). The number of esters is 1. The highest BCUT2D eigenvalue weighted by Gasteiger charge is 2.34. The van der Waals surface area contributed by atoms with Crippen molar-refractivity contribution in [3.05, 3.63) is 47.9 Å². The van der Waals surface area contributed by atoms with Crippen molar-refractivity contribution in [1.82, 2.24) is 9.97 Å². The summed E-state index contributed by atoms with van der Waals surface area (Å²) in [7, 11) is 1.25. The SMILES string of the molecule is COC(=O)c1cnc(C(=O)C2CC2)c(Oc2ccccc2)n1. The van der Waals surface area contributed by atoms with E-state index in [1.54, 1.807) is 24.3 Å². The molecule has 6 nitrogen and oxygen atoms in total. The first-order valence-corrected chi connectivity index (χ1v) is 6.91. The summed E-state index contributed by atoms with van der Waals surface area (Å²) < 4.78 is 10.3. The molecular formula is C16H14N2O4. The number of nitrogens with zero attached hydrogens (tertiary/aromatic N) is 2. The Hall–Kier alpha value is -2.76. The highest BCUT2D eigenvalue weighted by Crippen LogP contribution is 2.35. The van der Waals surface area contributed by atoms with Gasteiger partial charge in [-0.05, 0) is 25.0 Å². The molecule has 1 aromatic heterocycles. The lowest BCUT2D eigenvalue weighted by atomic mass is 10.2. The molecule has 0 radical (unpaired) electrons. The van der Waals surface area contributed by atoms with Gasteiger partial charge in [0.1, 0.15) is 5.75 Å². The Kier molecular flexibility index (Phi) is 3.82. The highest BCUT2D eigenvalue weighted by molar-refractivity contribution is 6.00. The minimum atomic E-state index is -0.629. The van der Waals surface area contributed by atoms with Crippen LogP contribution >= 0.6 is 0 Å². The van der Waals surface area contributed by atoms with Gasteiger partial charge < -0.3 is 9.47 Å². The molecule has 22 heavy (non-hydrogen) atoms. The number of para-hydroxylation sites is 1. The minimum absolute atomic E-state index is 0.000720. The maximum atomic E-state index is 12.3. The summed E-state index contributed by atoms with van der Waals surface area (Å²) in [6.45, 7) is 0. The van der Waals surface area contributed by atoms with E-state index in [0.717, 1.165) is 12.8 Å². The fourth-order valence-corrected chi connectivity index (χ4v) is 1.95. The lowest BCUT2D eigenvalue weighted by Crippen LogP contribution is -2.12. The predicted octanol–water partition coefficient (Wildman–Crippen LogP) is 2.65. The molecule has 2 aromatic rings. The largest absolute Gasteiger partial charge is 0.464 e. The summed E-state index contributed by atoms with van der Waals surface area (Å²) in [4.78, 5) is 32.0. The van der Waals surface area contributed by atoms with E-state index in [2.05, 4.69) is 14.7 Å². The van der Waals surface area contributed by atoms with E-state index in [1.165, 1.54) is 13.3 Å². The molecule has 0 saturated heterocycles. The molecule has 0 aliphatic heterocycles. The maximum absolute atomic E-state index is 12.3. The van der Waals surface area contributed by atoms with Gasteiger partial charge in [0.05, 0.1) is 13.3 Å². The van der Waals surface area contributed by atoms with Crippen LogP contribution in [0.3, 0.4) is 0 Å². The van der Waals surface area contributed by atoms with Crippen molar-refractivity contribution in [3.8, 4) is 11.6 Å². The zero-order chi connectivity index (χ0) is 15.5. The van der Waals surface area contributed by atoms with Crippen LogP contribution in [0.15, 0.2) is 36.5 Å². The first-order valence-electron chi connectivity index (χ1n) is 6.91. The molecule has 1 fully saturated rings. The van der Waals surface area contributed by atoms with Gasteiger partial charge in [-0.25, -0.2) is 14.8 Å². The van der Waals surface area contributed by atoms with Crippen LogP contribution in [0.5, 0.6) is 11.6 Å². The average molecular weight is 298 g/mol. The zero-order valence-corrected chi connectivity index (χ0v) is 12.0. The molecule has 6 heteroatoms. The number of Topliss-reactive ketones (excluding diaryl/α,β-unsaturated/α-hetero) is 1. The van der Waals surface area contributed by atoms with Crippen LogP contribution in [-0.4, -0.2) is 28.8 Å². The van der Waals surface area contributed by atoms with E-state index < -0.39 is 5.97 Å². The van der Waals surface area contributed by atoms with Gasteiger partial charge in [0.2, 0.25) is 5.88 Å². The molecule has 1 aliphatic rings. The number of benzene rings is 1. The summed E-state index contributed by atoms with van der Waals surface area (Å²) >= 11 is 0. The molecule has 0 amide bonds. The molecular weight excluding hydrogens is 284 g/mol. The third kappa shape index (κ3) is 2.95. The van der Waals surface area contributed by atoms with Gasteiger partial charge in [-0.1, -0.05) is 18.2 Å². The second kappa shape index (κ2) is 5.93. The van der Waals surface area contributed by atoms with E-state index >= 15 is 0 Å². The lowest BCUT2D eigenvalue weighted by molar-refractivity contribution is 0.0591. The number of carbonyl (C=O) groups is 2. The minimum Gasteiger partial charge on any atom is -0.464 e. The second-order valence-corrected chi connectivity index (χ2v) is 4.95. The molecule has 0 unspecified atom stereocenters. The fraction of sp³-hybridized carbons (Fsp3) is 0.250. The Morgan fingerprint density at radius 1 is 1.18 bits per heavy atom. The van der Waals surface area contributed by atoms with Gasteiger partial charge in [0.15, 0.2) is 17.2 Å². The van der Waals surface area contributed by atoms with Crippen LogP contribution in [0.25, 0.3) is 0 Å². The van der Waals surface area contributed by atoms with Gasteiger partial charge >= 0.3 is 5.97 Å². The van der Waals surface area contributed by atoms with Crippen LogP contribution in [0.1, 0.15) is 33.8 Å². The standard InChI is InChI=1S/C16H14N2O4/c1-21-16(20)12-9-17-13(14(19)10-7-8-10)15(18-12)22-11-5-3-2-4-6-11/h2-6,9-10H,7-8H2,1H3. The van der Waals surface area contributed by atoms with Crippen molar-refractivity contribution in [3.63, 3.8) is 0 Å². The van der Waals surface area contributed by atoms with Gasteiger partial charge in [-0.3, -0.25) is 4.79 Å². The number of rotatable bonds is 5. The number of ether oxygens (including phenoxy) is 2. The Labute approximate surface area is 127 Å². The van der Waals surface area contributed by atoms with E-state index in [9.17, 15) is 9.59 Å². The summed E-state index contributed by atoms with van der Waals surface area (Å²) in [5.74, 6) is -0.197. The lowest BCUT2D eigenvalue weighted by Gasteiger charge is -2.09. The van der Waals surface area contributed by atoms with Crippen LogP contribution in [0.2, 0.25) is 0 Å². The molecule has 112 valence electrons. The van der Waals surface area contributed by atoms with E-state index in [-0.39, 0.29) is 29.0 Å². The Morgan fingerprint density at radius 3 is 2.55 bits per heavy atom. The maximum Gasteiger partial charge on any atom is 0.358 e. The highest BCUT2D eigenvalue weighted by atomic mass is 16.5. The molecule has 1 heterocycles. The van der Waals surface area contributed by atoms with Gasteiger partial charge in [-0.2, -0.15) is 0 Å². The van der Waals surface area contributed by atoms with E-state index in [1.807, 2.05) is 6.07 Å². The van der Waals surface area contributed by atoms with Gasteiger partial charge in [0.25, 0.3) is 0 Å². The summed E-state index contributed by atoms with van der Waals surface area (Å²) in [5, 5.41) is 0. The average Bonchev–Trinajstić information content (AvgIpc) is 3.39. The Balaban J connectivity index is 1.98.